The van der Waals surface area contributed by atoms with Crippen LogP contribution in [0.15, 0.2) is 18.2 Å². The van der Waals surface area contributed by atoms with E-state index in [1.807, 2.05) is 10.9 Å². The van der Waals surface area contributed by atoms with Crippen molar-refractivity contribution in [2.24, 2.45) is 11.7 Å². The number of nitrogens with two attached hydrogens (primary N) is 3. The number of nitrogen functional groups attached to an aromatic ring is 3. The van der Waals surface area contributed by atoms with Gasteiger partial charge in [0.2, 0.25) is 0 Å². The van der Waals surface area contributed by atoms with Crippen LogP contribution in [-0.4, -0.2) is 11.8 Å². The normalized spacial score (nSPS) is 9.47. The average molecular weight is 209 g/mol. The smallest absolute Gasteiger partial charge is 0.268 e. The van der Waals surface area contributed by atoms with Crippen LogP contribution in [-0.2, 0) is 0 Å². The molecule has 2 amide bonds. The number of amides is 2. The fourth-order valence-corrected chi connectivity index (χ4v) is 1.16. The second kappa shape index (κ2) is 4.40. The molecule has 0 aliphatic carbocycles. The van der Waals surface area contributed by atoms with Crippen molar-refractivity contribution in [3.8, 4) is 0 Å². The molecule has 0 saturated heterocycles. The van der Waals surface area contributed by atoms with Gasteiger partial charge >= 0.3 is 0 Å². The maximum atomic E-state index is 11.3. The molecule has 0 saturated carbocycles. The van der Waals surface area contributed by atoms with Gasteiger partial charge in [-0.15, -0.1) is 0 Å². The summed E-state index contributed by atoms with van der Waals surface area (Å²) >= 11 is 0. The van der Waals surface area contributed by atoms with Crippen molar-refractivity contribution in [2.75, 3.05) is 5.73 Å². The maximum Gasteiger partial charge on any atom is 0.268 e. The standard InChI is InChI=1S/C8H11N5O2/c9-5-3-1-2-4(7(14)12-10)6(5)8(15)13-11/h1-3H,9-11H2,(H,12,14)(H,13,15). The monoisotopic (exact) mass is 209 g/mol. The highest BCUT2D eigenvalue weighted by Crippen LogP contribution is 2.16. The quantitative estimate of drug-likeness (QED) is 0.174. The second-order valence-electron chi connectivity index (χ2n) is 2.72. The molecule has 0 unspecified atom stereocenters. The summed E-state index contributed by atoms with van der Waals surface area (Å²) in [6, 6.07) is 4.44. The minimum atomic E-state index is -0.647. The Morgan fingerprint density at radius 3 is 2.20 bits per heavy atom. The summed E-state index contributed by atoms with van der Waals surface area (Å²) in [6.07, 6.45) is 0. The van der Waals surface area contributed by atoms with Crippen molar-refractivity contribution in [1.82, 2.24) is 10.9 Å². The molecular formula is C8H11N5O2. The van der Waals surface area contributed by atoms with Crippen LogP contribution >= 0.6 is 0 Å². The fourth-order valence-electron chi connectivity index (χ4n) is 1.16. The van der Waals surface area contributed by atoms with Crippen LogP contribution in [0.5, 0.6) is 0 Å². The summed E-state index contributed by atoms with van der Waals surface area (Å²) in [5, 5.41) is 0. The first-order chi connectivity index (χ1) is 7.11. The predicted octanol–water partition coefficient (Wildman–Crippen LogP) is -1.52. The summed E-state index contributed by atoms with van der Waals surface area (Å²) in [7, 11) is 0. The van der Waals surface area contributed by atoms with Gasteiger partial charge in [-0.25, -0.2) is 11.7 Å². The van der Waals surface area contributed by atoms with Gasteiger partial charge in [0.1, 0.15) is 0 Å². The number of benzene rings is 1. The molecule has 0 spiro atoms. The number of nitrogens with one attached hydrogen (secondary N) is 2. The molecule has 15 heavy (non-hydrogen) atoms. The fraction of sp³-hybridized carbons (Fsp3) is 0. The zero-order chi connectivity index (χ0) is 11.4. The number of hydrogen-bond acceptors (Lipinski definition) is 5. The maximum absolute atomic E-state index is 11.3. The molecule has 0 aliphatic heterocycles. The van der Waals surface area contributed by atoms with E-state index in [2.05, 4.69) is 0 Å². The van der Waals surface area contributed by atoms with Crippen molar-refractivity contribution in [2.45, 2.75) is 0 Å². The Morgan fingerprint density at radius 1 is 1.07 bits per heavy atom. The first kappa shape index (κ1) is 11.0. The van der Waals surface area contributed by atoms with E-state index >= 15 is 0 Å². The molecule has 0 heterocycles. The molecule has 0 aliphatic rings. The van der Waals surface area contributed by atoms with Gasteiger partial charge in [-0.1, -0.05) is 6.07 Å². The summed E-state index contributed by atoms with van der Waals surface area (Å²) in [6.45, 7) is 0. The second-order valence-corrected chi connectivity index (χ2v) is 2.72. The van der Waals surface area contributed by atoms with Crippen molar-refractivity contribution in [1.29, 1.82) is 0 Å². The molecule has 1 aromatic carbocycles. The Labute approximate surface area is 85.5 Å². The average Bonchev–Trinajstić information content (AvgIpc) is 2.26. The Hall–Kier alpha value is -2.12. The number of anilines is 1. The van der Waals surface area contributed by atoms with Gasteiger partial charge in [-0.3, -0.25) is 20.4 Å². The van der Waals surface area contributed by atoms with E-state index in [1.165, 1.54) is 18.2 Å². The van der Waals surface area contributed by atoms with Crippen LogP contribution in [0.25, 0.3) is 0 Å². The number of hydrogen-bond donors (Lipinski definition) is 5. The molecule has 0 bridgehead atoms. The van der Waals surface area contributed by atoms with E-state index in [1.54, 1.807) is 0 Å². The minimum absolute atomic E-state index is 0.00273. The molecule has 1 rings (SSSR count). The Kier molecular flexibility index (Phi) is 3.21. The molecule has 1 aromatic rings. The lowest BCUT2D eigenvalue weighted by Crippen LogP contribution is -2.35. The third kappa shape index (κ3) is 2.03. The Balaban J connectivity index is 3.32. The highest BCUT2D eigenvalue weighted by molar-refractivity contribution is 6.10. The van der Waals surface area contributed by atoms with Gasteiger partial charge < -0.3 is 5.73 Å². The lowest BCUT2D eigenvalue weighted by Gasteiger charge is -2.09. The van der Waals surface area contributed by atoms with Crippen molar-refractivity contribution >= 4 is 17.5 Å². The van der Waals surface area contributed by atoms with Crippen molar-refractivity contribution in [3.05, 3.63) is 29.3 Å². The van der Waals surface area contributed by atoms with Crippen molar-refractivity contribution in [3.63, 3.8) is 0 Å². The summed E-state index contributed by atoms with van der Waals surface area (Å²) < 4.78 is 0. The molecule has 8 N–H and O–H groups in total. The van der Waals surface area contributed by atoms with E-state index in [0.29, 0.717) is 0 Å². The molecule has 0 aromatic heterocycles. The number of carbonyl (C=O) groups is 2. The number of rotatable bonds is 2. The van der Waals surface area contributed by atoms with E-state index in [9.17, 15) is 9.59 Å². The lowest BCUT2D eigenvalue weighted by atomic mass is 10.0. The molecule has 7 heteroatoms. The first-order valence-electron chi connectivity index (χ1n) is 4.02. The molecular weight excluding hydrogens is 198 g/mol. The van der Waals surface area contributed by atoms with Crippen LogP contribution in [0.1, 0.15) is 20.7 Å². The molecule has 0 radical (unpaired) electrons. The van der Waals surface area contributed by atoms with Gasteiger partial charge in [0.05, 0.1) is 11.1 Å². The topological polar surface area (TPSA) is 136 Å². The van der Waals surface area contributed by atoms with Crippen LogP contribution < -0.4 is 28.3 Å². The highest BCUT2D eigenvalue weighted by Gasteiger charge is 2.18. The van der Waals surface area contributed by atoms with Gasteiger partial charge in [0.15, 0.2) is 0 Å². The van der Waals surface area contributed by atoms with Gasteiger partial charge in [-0.2, -0.15) is 0 Å². The number of hydrazine groups is 2. The highest BCUT2D eigenvalue weighted by atomic mass is 16.2. The summed E-state index contributed by atoms with van der Waals surface area (Å²) in [5.74, 6) is 8.67. The van der Waals surface area contributed by atoms with Crippen LogP contribution in [0.2, 0.25) is 0 Å². The third-order valence-electron chi connectivity index (χ3n) is 1.83. The zero-order valence-corrected chi connectivity index (χ0v) is 7.78. The van der Waals surface area contributed by atoms with Crippen molar-refractivity contribution < 1.29 is 9.59 Å². The van der Waals surface area contributed by atoms with Crippen LogP contribution in [0, 0.1) is 0 Å². The van der Waals surface area contributed by atoms with E-state index in [-0.39, 0.29) is 16.8 Å². The van der Waals surface area contributed by atoms with Gasteiger partial charge in [0.25, 0.3) is 11.8 Å². The first-order valence-corrected chi connectivity index (χ1v) is 4.02. The van der Waals surface area contributed by atoms with E-state index < -0.39 is 11.8 Å². The van der Waals surface area contributed by atoms with E-state index in [0.717, 1.165) is 0 Å². The van der Waals surface area contributed by atoms with Crippen LogP contribution in [0.4, 0.5) is 5.69 Å². The Morgan fingerprint density at radius 2 is 1.67 bits per heavy atom. The molecule has 80 valence electrons. The predicted molar refractivity (Wildman–Crippen MR) is 54.2 cm³/mol. The summed E-state index contributed by atoms with van der Waals surface area (Å²) in [5.41, 5.74) is 9.59. The SMILES string of the molecule is NNC(=O)c1cccc(N)c1C(=O)NN. The lowest BCUT2D eigenvalue weighted by molar-refractivity contribution is 0.0920. The zero-order valence-electron chi connectivity index (χ0n) is 7.78. The Bertz CT molecular complexity index is 404. The third-order valence-corrected chi connectivity index (χ3v) is 1.83. The number of carbonyl (C=O) groups excluding carboxylic acids is 2. The summed E-state index contributed by atoms with van der Waals surface area (Å²) in [4.78, 5) is 22.6. The van der Waals surface area contributed by atoms with Crippen LogP contribution in [0.3, 0.4) is 0 Å². The van der Waals surface area contributed by atoms with E-state index in [4.69, 9.17) is 17.4 Å². The minimum Gasteiger partial charge on any atom is -0.398 e. The molecule has 0 fully saturated rings. The molecule has 0 atom stereocenters. The van der Waals surface area contributed by atoms with Gasteiger partial charge in [0, 0.05) is 5.69 Å². The van der Waals surface area contributed by atoms with Gasteiger partial charge in [-0.05, 0) is 12.1 Å². The molecule has 7 nitrogen and oxygen atoms in total. The largest absolute Gasteiger partial charge is 0.398 e.